The lowest BCUT2D eigenvalue weighted by atomic mass is 10.0. The molecule has 2 rings (SSSR count). The van der Waals surface area contributed by atoms with Crippen LogP contribution in [-0.2, 0) is 4.74 Å². The van der Waals surface area contributed by atoms with Crippen molar-refractivity contribution < 1.29 is 13.9 Å². The fraction of sp³-hybridized carbons (Fsp3) is 0.267. The maximum Gasteiger partial charge on any atom is 0.287 e. The van der Waals surface area contributed by atoms with E-state index in [-0.39, 0.29) is 23.8 Å². The van der Waals surface area contributed by atoms with Crippen molar-refractivity contribution in [1.82, 2.24) is 5.32 Å². The minimum absolute atomic E-state index is 0.209. The van der Waals surface area contributed by atoms with Crippen LogP contribution in [0.1, 0.15) is 29.1 Å². The smallest absolute Gasteiger partial charge is 0.287 e. The molecule has 0 aliphatic carbocycles. The number of methoxy groups -OCH3 is 1. The number of hydrogen-bond acceptors (Lipinski definition) is 3. The summed E-state index contributed by atoms with van der Waals surface area (Å²) in [6, 6.07) is 10.4. The van der Waals surface area contributed by atoms with Gasteiger partial charge >= 0.3 is 0 Å². The lowest BCUT2D eigenvalue weighted by Crippen LogP contribution is -2.37. The van der Waals surface area contributed by atoms with Crippen molar-refractivity contribution in [2.24, 2.45) is 0 Å². The van der Waals surface area contributed by atoms with Gasteiger partial charge in [0.2, 0.25) is 0 Å². The van der Waals surface area contributed by atoms with E-state index in [1.807, 2.05) is 19.1 Å². The number of benzene rings is 1. The van der Waals surface area contributed by atoms with Gasteiger partial charge in [0.05, 0.1) is 12.3 Å². The number of ether oxygens (including phenoxy) is 1. The summed E-state index contributed by atoms with van der Waals surface area (Å²) in [4.78, 5) is 11.9. The highest BCUT2D eigenvalue weighted by Crippen LogP contribution is 2.22. The molecule has 0 aliphatic rings. The molecule has 2 aromatic rings. The summed E-state index contributed by atoms with van der Waals surface area (Å²) in [6.07, 6.45) is 1.21. The first-order valence-electron chi connectivity index (χ1n) is 6.24. The van der Waals surface area contributed by atoms with Crippen molar-refractivity contribution in [2.75, 3.05) is 7.11 Å². The summed E-state index contributed by atoms with van der Waals surface area (Å²) in [7, 11) is 1.61. The Kier molecular flexibility index (Phi) is 4.82. The van der Waals surface area contributed by atoms with Gasteiger partial charge < -0.3 is 14.5 Å². The van der Waals surface area contributed by atoms with Crippen molar-refractivity contribution in [3.8, 4) is 0 Å². The average molecular weight is 294 g/mol. The molecular formula is C15H16ClNO3. The molecule has 0 aliphatic heterocycles. The standard InChI is InChI=1S/C15H16ClNO3/c1-10(17-15(18)13-4-3-9-20-13)14(19-2)11-5-7-12(16)8-6-11/h3-10,14H,1-2H3,(H,17,18)/t10-,14+/m0/s1. The van der Waals surface area contributed by atoms with E-state index >= 15 is 0 Å². The second-order valence-electron chi connectivity index (χ2n) is 4.45. The third kappa shape index (κ3) is 3.40. The van der Waals surface area contributed by atoms with Gasteiger partial charge in [-0.1, -0.05) is 23.7 Å². The molecule has 0 bridgehead atoms. The van der Waals surface area contributed by atoms with Gasteiger partial charge in [-0.15, -0.1) is 0 Å². The zero-order valence-corrected chi connectivity index (χ0v) is 12.1. The van der Waals surface area contributed by atoms with E-state index in [0.717, 1.165) is 5.56 Å². The van der Waals surface area contributed by atoms with Crippen LogP contribution in [0.4, 0.5) is 0 Å². The first-order valence-corrected chi connectivity index (χ1v) is 6.62. The van der Waals surface area contributed by atoms with Crippen LogP contribution in [0.3, 0.4) is 0 Å². The molecule has 1 amide bonds. The van der Waals surface area contributed by atoms with Gasteiger partial charge in [-0.25, -0.2) is 0 Å². The van der Waals surface area contributed by atoms with Gasteiger partial charge in [-0.05, 0) is 36.8 Å². The number of hydrogen-bond donors (Lipinski definition) is 1. The van der Waals surface area contributed by atoms with Crippen LogP contribution < -0.4 is 5.32 Å². The molecule has 1 aromatic heterocycles. The maximum absolute atomic E-state index is 11.9. The van der Waals surface area contributed by atoms with Crippen LogP contribution in [0.15, 0.2) is 47.1 Å². The van der Waals surface area contributed by atoms with E-state index in [9.17, 15) is 4.79 Å². The predicted octanol–water partition coefficient (Wildman–Crippen LogP) is 3.44. The van der Waals surface area contributed by atoms with E-state index in [4.69, 9.17) is 20.8 Å². The first-order chi connectivity index (χ1) is 9.61. The molecule has 0 spiro atoms. The number of carbonyl (C=O) groups is 1. The van der Waals surface area contributed by atoms with Gasteiger partial charge in [-0.3, -0.25) is 4.79 Å². The number of furan rings is 1. The molecule has 0 fully saturated rings. The van der Waals surface area contributed by atoms with E-state index in [1.165, 1.54) is 6.26 Å². The molecule has 1 N–H and O–H groups in total. The zero-order chi connectivity index (χ0) is 14.5. The van der Waals surface area contributed by atoms with Crippen molar-refractivity contribution >= 4 is 17.5 Å². The Labute approximate surface area is 122 Å². The third-order valence-corrected chi connectivity index (χ3v) is 3.26. The van der Waals surface area contributed by atoms with Gasteiger partial charge in [0.25, 0.3) is 5.91 Å². The van der Waals surface area contributed by atoms with E-state index < -0.39 is 0 Å². The van der Waals surface area contributed by atoms with E-state index in [2.05, 4.69) is 5.32 Å². The molecule has 106 valence electrons. The monoisotopic (exact) mass is 293 g/mol. The van der Waals surface area contributed by atoms with E-state index in [1.54, 1.807) is 31.4 Å². The van der Waals surface area contributed by atoms with Gasteiger partial charge in [0.1, 0.15) is 6.10 Å². The van der Waals surface area contributed by atoms with Crippen molar-refractivity contribution in [1.29, 1.82) is 0 Å². The molecule has 0 radical (unpaired) electrons. The Morgan fingerprint density at radius 2 is 2.00 bits per heavy atom. The number of rotatable bonds is 5. The number of amides is 1. The van der Waals surface area contributed by atoms with Crippen molar-refractivity contribution in [3.63, 3.8) is 0 Å². The van der Waals surface area contributed by atoms with Gasteiger partial charge in [0.15, 0.2) is 5.76 Å². The van der Waals surface area contributed by atoms with Crippen molar-refractivity contribution in [3.05, 3.63) is 59.0 Å². The highest BCUT2D eigenvalue weighted by Gasteiger charge is 2.22. The quantitative estimate of drug-likeness (QED) is 0.919. The van der Waals surface area contributed by atoms with Crippen LogP contribution in [0.25, 0.3) is 0 Å². The fourth-order valence-electron chi connectivity index (χ4n) is 2.04. The molecule has 1 aromatic carbocycles. The van der Waals surface area contributed by atoms with Crippen LogP contribution in [0, 0.1) is 0 Å². The summed E-state index contributed by atoms with van der Waals surface area (Å²) >= 11 is 5.87. The molecule has 4 nitrogen and oxygen atoms in total. The lowest BCUT2D eigenvalue weighted by molar-refractivity contribution is 0.0632. The van der Waals surface area contributed by atoms with Crippen LogP contribution in [0.5, 0.6) is 0 Å². The SMILES string of the molecule is CO[C@@H](c1ccc(Cl)cc1)[C@H](C)NC(=O)c1ccco1. The molecule has 0 saturated carbocycles. The molecule has 2 atom stereocenters. The highest BCUT2D eigenvalue weighted by atomic mass is 35.5. The predicted molar refractivity (Wildman–Crippen MR) is 76.8 cm³/mol. The summed E-state index contributed by atoms with van der Waals surface area (Å²) in [5.41, 5.74) is 0.948. The third-order valence-electron chi connectivity index (χ3n) is 3.01. The number of halogens is 1. The molecule has 20 heavy (non-hydrogen) atoms. The van der Waals surface area contributed by atoms with Gasteiger partial charge in [-0.2, -0.15) is 0 Å². The highest BCUT2D eigenvalue weighted by molar-refractivity contribution is 6.30. The van der Waals surface area contributed by atoms with Crippen LogP contribution >= 0.6 is 11.6 Å². The fourth-order valence-corrected chi connectivity index (χ4v) is 2.17. The Morgan fingerprint density at radius 1 is 1.30 bits per heavy atom. The molecule has 0 unspecified atom stereocenters. The number of carbonyl (C=O) groups excluding carboxylic acids is 1. The summed E-state index contributed by atoms with van der Waals surface area (Å²) in [5, 5.41) is 3.52. The molecular weight excluding hydrogens is 278 g/mol. The Morgan fingerprint density at radius 3 is 2.55 bits per heavy atom. The second-order valence-corrected chi connectivity index (χ2v) is 4.88. The zero-order valence-electron chi connectivity index (χ0n) is 11.3. The maximum atomic E-state index is 11.9. The number of nitrogens with one attached hydrogen (secondary N) is 1. The summed E-state index contributed by atoms with van der Waals surface area (Å²) < 4.78 is 10.5. The minimum atomic E-state index is -0.265. The summed E-state index contributed by atoms with van der Waals surface area (Å²) in [6.45, 7) is 1.88. The minimum Gasteiger partial charge on any atom is -0.459 e. The normalized spacial score (nSPS) is 13.8. The van der Waals surface area contributed by atoms with Crippen LogP contribution in [-0.4, -0.2) is 19.1 Å². The first kappa shape index (κ1) is 14.6. The molecule has 1 heterocycles. The van der Waals surface area contributed by atoms with Gasteiger partial charge in [0, 0.05) is 12.1 Å². The molecule has 0 saturated heterocycles. The van der Waals surface area contributed by atoms with E-state index in [0.29, 0.717) is 5.02 Å². The topological polar surface area (TPSA) is 51.5 Å². The average Bonchev–Trinajstić information content (AvgIpc) is 2.96. The lowest BCUT2D eigenvalue weighted by Gasteiger charge is -2.23. The summed E-state index contributed by atoms with van der Waals surface area (Å²) in [5.74, 6) is 0.0151. The van der Waals surface area contributed by atoms with Crippen LogP contribution in [0.2, 0.25) is 5.02 Å². The Balaban J connectivity index is 2.07. The largest absolute Gasteiger partial charge is 0.459 e. The van der Waals surface area contributed by atoms with Crippen molar-refractivity contribution in [2.45, 2.75) is 19.1 Å². The Bertz CT molecular complexity index is 551. The molecule has 5 heteroatoms. The Hall–Kier alpha value is -1.78. The second kappa shape index (κ2) is 6.59.